The highest BCUT2D eigenvalue weighted by atomic mass is 16.2. The van der Waals surface area contributed by atoms with E-state index in [2.05, 4.69) is 15.5 Å². The van der Waals surface area contributed by atoms with Crippen LogP contribution in [0.15, 0.2) is 0 Å². The summed E-state index contributed by atoms with van der Waals surface area (Å²) in [7, 11) is 0. The van der Waals surface area contributed by atoms with Crippen LogP contribution in [-0.4, -0.2) is 48.9 Å². The molecular formula is C22H35N3O2. The van der Waals surface area contributed by atoms with E-state index in [9.17, 15) is 9.59 Å². The van der Waals surface area contributed by atoms with Gasteiger partial charge in [0.05, 0.1) is 12.5 Å². The Balaban J connectivity index is 1.10. The van der Waals surface area contributed by atoms with Crippen LogP contribution in [0.4, 0.5) is 0 Å². The Bertz CT molecular complexity index is 560. The summed E-state index contributed by atoms with van der Waals surface area (Å²) in [4.78, 5) is 27.4. The third kappa shape index (κ3) is 4.03. The Morgan fingerprint density at radius 1 is 0.926 bits per heavy atom. The molecule has 1 aliphatic heterocycles. The zero-order chi connectivity index (χ0) is 18.4. The van der Waals surface area contributed by atoms with E-state index >= 15 is 0 Å². The van der Waals surface area contributed by atoms with Crippen LogP contribution in [0.3, 0.4) is 0 Å². The topological polar surface area (TPSA) is 61.4 Å². The van der Waals surface area contributed by atoms with Gasteiger partial charge in [-0.2, -0.15) is 0 Å². The first-order chi connectivity index (χ1) is 13.1. The zero-order valence-electron chi connectivity index (χ0n) is 16.5. The quantitative estimate of drug-likeness (QED) is 0.750. The van der Waals surface area contributed by atoms with Crippen LogP contribution in [0, 0.1) is 35.5 Å². The van der Waals surface area contributed by atoms with E-state index < -0.39 is 0 Å². The molecule has 27 heavy (non-hydrogen) atoms. The molecule has 6 fully saturated rings. The van der Waals surface area contributed by atoms with Crippen molar-refractivity contribution in [2.45, 2.75) is 63.8 Å². The first-order valence-corrected chi connectivity index (χ1v) is 11.4. The lowest BCUT2D eigenvalue weighted by Crippen LogP contribution is -2.57. The number of likely N-dealkylation sites (tertiary alicyclic amines) is 1. The van der Waals surface area contributed by atoms with Crippen LogP contribution in [0.1, 0.15) is 57.8 Å². The van der Waals surface area contributed by atoms with E-state index in [1.807, 2.05) is 0 Å². The summed E-state index contributed by atoms with van der Waals surface area (Å²) in [5, 5.41) is 6.54. The van der Waals surface area contributed by atoms with E-state index in [1.165, 1.54) is 44.9 Å². The van der Waals surface area contributed by atoms with E-state index in [4.69, 9.17) is 0 Å². The molecule has 4 bridgehead atoms. The van der Waals surface area contributed by atoms with E-state index in [-0.39, 0.29) is 17.7 Å². The Hall–Kier alpha value is -1.10. The van der Waals surface area contributed by atoms with Gasteiger partial charge in [0, 0.05) is 19.1 Å². The van der Waals surface area contributed by atoms with Gasteiger partial charge in [0.2, 0.25) is 11.8 Å². The van der Waals surface area contributed by atoms with Crippen LogP contribution in [0.25, 0.3) is 0 Å². The molecule has 0 aromatic carbocycles. The summed E-state index contributed by atoms with van der Waals surface area (Å²) in [6.07, 6.45) is 11.3. The van der Waals surface area contributed by atoms with Crippen LogP contribution in [0.2, 0.25) is 0 Å². The van der Waals surface area contributed by atoms with Crippen LogP contribution < -0.4 is 10.6 Å². The number of carbonyl (C=O) groups is 2. The number of nitrogens with one attached hydrogen (secondary N) is 2. The average Bonchev–Trinajstić information content (AvgIpc) is 3.47. The fourth-order valence-corrected chi connectivity index (χ4v) is 6.72. The molecule has 6 aliphatic rings. The molecule has 2 amide bonds. The van der Waals surface area contributed by atoms with Gasteiger partial charge in [0.25, 0.3) is 0 Å². The predicted octanol–water partition coefficient (Wildman–Crippen LogP) is 2.17. The van der Waals surface area contributed by atoms with Gasteiger partial charge in [-0.05, 0) is 93.9 Å². The Kier molecular flexibility index (Phi) is 4.91. The molecule has 1 unspecified atom stereocenters. The maximum atomic E-state index is 12.7. The number of rotatable bonds is 6. The molecule has 1 saturated heterocycles. The van der Waals surface area contributed by atoms with Gasteiger partial charge in [0.1, 0.15) is 0 Å². The number of amides is 2. The van der Waals surface area contributed by atoms with Crippen molar-refractivity contribution >= 4 is 11.8 Å². The second-order valence-electron chi connectivity index (χ2n) is 10.3. The predicted molar refractivity (Wildman–Crippen MR) is 104 cm³/mol. The average molecular weight is 374 g/mol. The van der Waals surface area contributed by atoms with Gasteiger partial charge in [0.15, 0.2) is 0 Å². The summed E-state index contributed by atoms with van der Waals surface area (Å²) in [5.74, 6) is 4.52. The number of nitrogens with zero attached hydrogens (tertiary/aromatic N) is 1. The molecule has 150 valence electrons. The highest BCUT2D eigenvalue weighted by molar-refractivity contribution is 5.80. The van der Waals surface area contributed by atoms with Gasteiger partial charge >= 0.3 is 0 Å². The number of carbonyl (C=O) groups excluding carboxylic acids is 2. The second-order valence-corrected chi connectivity index (χ2v) is 10.3. The van der Waals surface area contributed by atoms with Crippen molar-refractivity contribution in [1.82, 2.24) is 15.5 Å². The molecular weight excluding hydrogens is 338 g/mol. The minimum absolute atomic E-state index is 0.0615. The standard InChI is InChI=1S/C22H35N3O2/c26-20(24-21-18-7-15-6-16(9-18)10-19(21)8-15)13-25-5-1-2-17(12-25)22(27)23-11-14-3-4-14/h14-19,21H,1-13H2,(H,23,27)(H,24,26). The van der Waals surface area contributed by atoms with Crippen molar-refractivity contribution in [3.8, 4) is 0 Å². The minimum Gasteiger partial charge on any atom is -0.356 e. The molecule has 5 heteroatoms. The first-order valence-electron chi connectivity index (χ1n) is 11.4. The van der Waals surface area contributed by atoms with E-state index in [1.54, 1.807) is 0 Å². The van der Waals surface area contributed by atoms with E-state index in [0.29, 0.717) is 12.6 Å². The second kappa shape index (κ2) is 7.38. The monoisotopic (exact) mass is 373 g/mol. The molecule has 1 heterocycles. The molecule has 0 spiro atoms. The molecule has 0 radical (unpaired) electrons. The molecule has 1 atom stereocenters. The lowest BCUT2D eigenvalue weighted by molar-refractivity contribution is -0.130. The fraction of sp³-hybridized carbons (Fsp3) is 0.909. The Labute approximate surface area is 163 Å². The summed E-state index contributed by atoms with van der Waals surface area (Å²) in [6, 6.07) is 0.424. The molecule has 5 aliphatic carbocycles. The molecule has 6 rings (SSSR count). The zero-order valence-corrected chi connectivity index (χ0v) is 16.5. The van der Waals surface area contributed by atoms with Gasteiger partial charge in [-0.1, -0.05) is 0 Å². The van der Waals surface area contributed by atoms with Crippen LogP contribution in [0.5, 0.6) is 0 Å². The molecule has 0 aromatic rings. The van der Waals surface area contributed by atoms with Gasteiger partial charge in [-0.15, -0.1) is 0 Å². The van der Waals surface area contributed by atoms with E-state index in [0.717, 1.165) is 62.1 Å². The Morgan fingerprint density at radius 3 is 2.30 bits per heavy atom. The van der Waals surface area contributed by atoms with Crippen molar-refractivity contribution in [3.05, 3.63) is 0 Å². The summed E-state index contributed by atoms with van der Waals surface area (Å²) in [6.45, 7) is 3.00. The lowest BCUT2D eigenvalue weighted by Gasteiger charge is -2.54. The van der Waals surface area contributed by atoms with Crippen molar-refractivity contribution in [2.75, 3.05) is 26.2 Å². The smallest absolute Gasteiger partial charge is 0.234 e. The largest absolute Gasteiger partial charge is 0.356 e. The first kappa shape index (κ1) is 18.0. The summed E-state index contributed by atoms with van der Waals surface area (Å²) < 4.78 is 0. The fourth-order valence-electron chi connectivity index (χ4n) is 6.72. The SMILES string of the molecule is O=C(CN1CCCC(C(=O)NCC2CC2)C1)NC1C2CC3CC(C2)CC1C3. The summed E-state index contributed by atoms with van der Waals surface area (Å²) >= 11 is 0. The highest BCUT2D eigenvalue weighted by Crippen LogP contribution is 2.53. The number of hydrogen-bond acceptors (Lipinski definition) is 3. The third-order valence-electron chi connectivity index (χ3n) is 8.06. The van der Waals surface area contributed by atoms with Gasteiger partial charge in [-0.25, -0.2) is 0 Å². The molecule has 2 N–H and O–H groups in total. The Morgan fingerprint density at radius 2 is 1.63 bits per heavy atom. The maximum Gasteiger partial charge on any atom is 0.234 e. The van der Waals surface area contributed by atoms with Crippen molar-refractivity contribution in [3.63, 3.8) is 0 Å². The normalized spacial score (nSPS) is 40.7. The van der Waals surface area contributed by atoms with Crippen molar-refractivity contribution in [2.24, 2.45) is 35.5 Å². The van der Waals surface area contributed by atoms with Gasteiger partial charge < -0.3 is 10.6 Å². The van der Waals surface area contributed by atoms with Gasteiger partial charge in [-0.3, -0.25) is 14.5 Å². The lowest BCUT2D eigenvalue weighted by atomic mass is 9.54. The number of hydrogen-bond donors (Lipinski definition) is 2. The number of piperidine rings is 1. The maximum absolute atomic E-state index is 12.7. The van der Waals surface area contributed by atoms with Crippen LogP contribution in [-0.2, 0) is 9.59 Å². The van der Waals surface area contributed by atoms with Crippen LogP contribution >= 0.6 is 0 Å². The van der Waals surface area contributed by atoms with Crippen molar-refractivity contribution < 1.29 is 9.59 Å². The third-order valence-corrected chi connectivity index (χ3v) is 8.06. The minimum atomic E-state index is 0.0615. The van der Waals surface area contributed by atoms with Crippen molar-refractivity contribution in [1.29, 1.82) is 0 Å². The molecule has 5 saturated carbocycles. The molecule has 5 nitrogen and oxygen atoms in total. The summed E-state index contributed by atoms with van der Waals surface area (Å²) in [5.41, 5.74) is 0. The molecule has 0 aromatic heterocycles. The highest BCUT2D eigenvalue weighted by Gasteiger charge is 2.48.